The van der Waals surface area contributed by atoms with Crippen LogP contribution >= 0.6 is 0 Å². The highest BCUT2D eigenvalue weighted by molar-refractivity contribution is 5.94. The Morgan fingerprint density at radius 3 is 2.36 bits per heavy atom. The Balaban J connectivity index is 1.95. The van der Waals surface area contributed by atoms with Crippen molar-refractivity contribution >= 4 is 5.91 Å². The van der Waals surface area contributed by atoms with E-state index in [4.69, 9.17) is 4.74 Å². The maximum Gasteiger partial charge on any atom is 0.251 e. The molecule has 2 rings (SSSR count). The van der Waals surface area contributed by atoms with Crippen LogP contribution in [0, 0.1) is 13.8 Å². The number of carbonyl (C=O) groups excluding carboxylic acids is 1. The fraction of sp³-hybridized carbons (Fsp3) is 0.381. The predicted molar refractivity (Wildman–Crippen MR) is 102 cm³/mol. The summed E-state index contributed by atoms with van der Waals surface area (Å²) in [6, 6.07) is 12.1. The van der Waals surface area contributed by atoms with Crippen LogP contribution in [0.15, 0.2) is 36.4 Å². The minimum atomic E-state index is -0.00916. The van der Waals surface area contributed by atoms with Crippen LogP contribution in [0.2, 0.25) is 0 Å². The summed E-state index contributed by atoms with van der Waals surface area (Å²) in [5.74, 6) is 0.944. The zero-order chi connectivity index (χ0) is 18.2. The minimum absolute atomic E-state index is 0.00916. The number of hydrogen-bond donors (Lipinski definition) is 2. The number of amides is 1. The number of methoxy groups -OCH3 is 1. The van der Waals surface area contributed by atoms with Crippen LogP contribution in [0.1, 0.15) is 46.0 Å². The van der Waals surface area contributed by atoms with Gasteiger partial charge in [-0.25, -0.2) is 0 Å². The van der Waals surface area contributed by atoms with E-state index in [0.717, 1.165) is 42.0 Å². The van der Waals surface area contributed by atoms with Crippen molar-refractivity contribution in [1.82, 2.24) is 10.6 Å². The van der Waals surface area contributed by atoms with Crippen LogP contribution in [0.25, 0.3) is 0 Å². The van der Waals surface area contributed by atoms with Gasteiger partial charge in [-0.3, -0.25) is 4.79 Å². The lowest BCUT2D eigenvalue weighted by molar-refractivity contribution is 0.0953. The van der Waals surface area contributed by atoms with Gasteiger partial charge in [0.1, 0.15) is 5.75 Å². The highest BCUT2D eigenvalue weighted by Gasteiger charge is 2.07. The summed E-state index contributed by atoms with van der Waals surface area (Å²) in [6.07, 6.45) is 0.938. The van der Waals surface area contributed by atoms with Gasteiger partial charge in [0.05, 0.1) is 7.11 Å². The first-order valence-electron chi connectivity index (χ1n) is 8.77. The van der Waals surface area contributed by atoms with Gasteiger partial charge in [-0.15, -0.1) is 0 Å². The predicted octanol–water partition coefficient (Wildman–Crippen LogP) is 3.74. The molecule has 0 aliphatic rings. The van der Waals surface area contributed by atoms with Crippen molar-refractivity contribution in [2.45, 2.75) is 40.3 Å². The lowest BCUT2D eigenvalue weighted by atomic mass is 10.1. The maximum atomic E-state index is 12.0. The van der Waals surface area contributed by atoms with E-state index in [2.05, 4.69) is 36.6 Å². The van der Waals surface area contributed by atoms with E-state index in [0.29, 0.717) is 12.1 Å². The molecule has 0 aliphatic carbocycles. The summed E-state index contributed by atoms with van der Waals surface area (Å²) in [5, 5.41) is 6.36. The van der Waals surface area contributed by atoms with Crippen molar-refractivity contribution < 1.29 is 9.53 Å². The van der Waals surface area contributed by atoms with Crippen molar-refractivity contribution in [3.8, 4) is 5.75 Å². The minimum Gasteiger partial charge on any atom is -0.496 e. The van der Waals surface area contributed by atoms with Gasteiger partial charge in [-0.05, 0) is 54.7 Å². The Labute approximate surface area is 150 Å². The van der Waals surface area contributed by atoms with Gasteiger partial charge >= 0.3 is 0 Å². The smallest absolute Gasteiger partial charge is 0.251 e. The maximum absolute atomic E-state index is 12.0. The lowest BCUT2D eigenvalue weighted by Crippen LogP contribution is -2.24. The van der Waals surface area contributed by atoms with Crippen LogP contribution in [-0.4, -0.2) is 19.6 Å². The molecule has 0 aliphatic heterocycles. The third-order valence-corrected chi connectivity index (χ3v) is 4.11. The Kier molecular flexibility index (Phi) is 7.02. The molecule has 0 fully saturated rings. The van der Waals surface area contributed by atoms with Crippen molar-refractivity contribution in [1.29, 1.82) is 0 Å². The molecule has 0 aromatic heterocycles. The number of carbonyl (C=O) groups is 1. The van der Waals surface area contributed by atoms with Gasteiger partial charge < -0.3 is 15.4 Å². The van der Waals surface area contributed by atoms with Crippen LogP contribution in [0.5, 0.6) is 5.75 Å². The first-order chi connectivity index (χ1) is 12.0. The first-order valence-corrected chi connectivity index (χ1v) is 8.77. The van der Waals surface area contributed by atoms with E-state index in [-0.39, 0.29) is 5.91 Å². The average Bonchev–Trinajstić information content (AvgIpc) is 2.60. The summed E-state index contributed by atoms with van der Waals surface area (Å²) in [7, 11) is 1.71. The molecule has 1 amide bonds. The molecule has 0 atom stereocenters. The van der Waals surface area contributed by atoms with Crippen LogP contribution in [-0.2, 0) is 13.1 Å². The molecular weight excluding hydrogens is 312 g/mol. The first kappa shape index (κ1) is 19.0. The Morgan fingerprint density at radius 1 is 1.04 bits per heavy atom. The van der Waals surface area contributed by atoms with Gasteiger partial charge in [0.25, 0.3) is 5.91 Å². The Hall–Kier alpha value is -2.33. The number of hydrogen-bond acceptors (Lipinski definition) is 3. The standard InChI is InChI=1S/C21H28N2O2/c1-5-9-23-21(24)19-8-6-7-17(12-19)13-22-14-18-10-15(2)20(25-4)16(3)11-18/h6-8,10-12,22H,5,9,13-14H2,1-4H3,(H,23,24). The van der Waals surface area contributed by atoms with Gasteiger partial charge in [-0.2, -0.15) is 0 Å². The van der Waals surface area contributed by atoms with Crippen molar-refractivity contribution in [2.24, 2.45) is 0 Å². The van der Waals surface area contributed by atoms with Gasteiger partial charge in [0.2, 0.25) is 0 Å². The molecular formula is C21H28N2O2. The number of ether oxygens (including phenoxy) is 1. The second-order valence-electron chi connectivity index (χ2n) is 6.32. The van der Waals surface area contributed by atoms with Crippen LogP contribution in [0.3, 0.4) is 0 Å². The van der Waals surface area contributed by atoms with Crippen LogP contribution < -0.4 is 15.4 Å². The highest BCUT2D eigenvalue weighted by Crippen LogP contribution is 2.24. The Morgan fingerprint density at radius 2 is 1.72 bits per heavy atom. The summed E-state index contributed by atoms with van der Waals surface area (Å²) in [4.78, 5) is 12.0. The molecule has 0 spiro atoms. The highest BCUT2D eigenvalue weighted by atomic mass is 16.5. The summed E-state index contributed by atoms with van der Waals surface area (Å²) in [6.45, 7) is 8.37. The zero-order valence-electron chi connectivity index (χ0n) is 15.6. The molecule has 0 saturated carbocycles. The van der Waals surface area contributed by atoms with E-state index in [1.165, 1.54) is 5.56 Å². The SMILES string of the molecule is CCCNC(=O)c1cccc(CNCc2cc(C)c(OC)c(C)c2)c1. The third-order valence-electron chi connectivity index (χ3n) is 4.11. The molecule has 0 radical (unpaired) electrons. The summed E-state index contributed by atoms with van der Waals surface area (Å²) >= 11 is 0. The third kappa shape index (κ3) is 5.33. The largest absolute Gasteiger partial charge is 0.496 e. The molecule has 0 unspecified atom stereocenters. The molecule has 2 N–H and O–H groups in total. The normalized spacial score (nSPS) is 10.6. The molecule has 0 bridgehead atoms. The van der Waals surface area contributed by atoms with Crippen molar-refractivity contribution in [3.05, 3.63) is 64.2 Å². The van der Waals surface area contributed by atoms with E-state index in [9.17, 15) is 4.79 Å². The van der Waals surface area contributed by atoms with Crippen molar-refractivity contribution in [2.75, 3.05) is 13.7 Å². The number of rotatable bonds is 8. The topological polar surface area (TPSA) is 50.4 Å². The van der Waals surface area contributed by atoms with Gasteiger partial charge in [-0.1, -0.05) is 31.2 Å². The van der Waals surface area contributed by atoms with Gasteiger partial charge in [0, 0.05) is 25.2 Å². The molecule has 134 valence electrons. The molecule has 4 heteroatoms. The van der Waals surface area contributed by atoms with E-state index < -0.39 is 0 Å². The second-order valence-corrected chi connectivity index (χ2v) is 6.32. The molecule has 25 heavy (non-hydrogen) atoms. The number of benzene rings is 2. The molecule has 2 aromatic carbocycles. The van der Waals surface area contributed by atoms with E-state index in [1.54, 1.807) is 7.11 Å². The average molecular weight is 340 g/mol. The summed E-state index contributed by atoms with van der Waals surface area (Å²) in [5.41, 5.74) is 5.34. The number of nitrogens with one attached hydrogen (secondary N) is 2. The fourth-order valence-electron chi connectivity index (χ4n) is 2.98. The van der Waals surface area contributed by atoms with Crippen molar-refractivity contribution in [3.63, 3.8) is 0 Å². The van der Waals surface area contributed by atoms with Gasteiger partial charge in [0.15, 0.2) is 0 Å². The molecule has 4 nitrogen and oxygen atoms in total. The fourth-order valence-corrected chi connectivity index (χ4v) is 2.98. The molecule has 0 heterocycles. The lowest BCUT2D eigenvalue weighted by Gasteiger charge is -2.12. The Bertz CT molecular complexity index is 703. The monoisotopic (exact) mass is 340 g/mol. The van der Waals surface area contributed by atoms with E-state index in [1.807, 2.05) is 31.2 Å². The molecule has 0 saturated heterocycles. The quantitative estimate of drug-likeness (QED) is 0.770. The number of aryl methyl sites for hydroxylation is 2. The molecule has 2 aromatic rings. The second kappa shape index (κ2) is 9.23. The zero-order valence-corrected chi connectivity index (χ0v) is 15.6. The van der Waals surface area contributed by atoms with Crippen LogP contribution in [0.4, 0.5) is 0 Å². The van der Waals surface area contributed by atoms with E-state index >= 15 is 0 Å². The summed E-state index contributed by atoms with van der Waals surface area (Å²) < 4.78 is 5.41.